The van der Waals surface area contributed by atoms with Crippen molar-refractivity contribution in [3.8, 4) is 5.75 Å². The van der Waals surface area contributed by atoms with Gasteiger partial charge in [-0.3, -0.25) is 10.7 Å². The lowest BCUT2D eigenvalue weighted by Crippen LogP contribution is -2.02. The second-order valence-corrected chi connectivity index (χ2v) is 3.97. The molecule has 5 heteroatoms. The van der Waals surface area contributed by atoms with Crippen molar-refractivity contribution in [2.45, 2.75) is 0 Å². The van der Waals surface area contributed by atoms with Crippen LogP contribution < -0.4 is 10.2 Å². The lowest BCUT2D eigenvalue weighted by molar-refractivity contribution is 0.225. The number of nitrogens with zero attached hydrogens (tertiary/aromatic N) is 1. The van der Waals surface area contributed by atoms with Crippen LogP contribution in [0.25, 0.3) is 15.9 Å². The molecule has 0 bridgehead atoms. The predicted octanol–water partition coefficient (Wildman–Crippen LogP) is 2.25. The normalized spacial score (nSPS) is 10.3. The van der Waals surface area contributed by atoms with Gasteiger partial charge in [0.15, 0.2) is 0 Å². The van der Waals surface area contributed by atoms with Gasteiger partial charge in [-0.1, -0.05) is 6.58 Å². The smallest absolute Gasteiger partial charge is 0.142 e. The maximum absolute atomic E-state index is 8.71. The molecule has 0 unspecified atom stereocenters. The molecule has 0 aliphatic heterocycles. The average molecular weight is 222 g/mol. The first kappa shape index (κ1) is 9.95. The maximum atomic E-state index is 8.71. The fraction of sp³-hybridized carbons (Fsp3) is 0.100. The van der Waals surface area contributed by atoms with Crippen molar-refractivity contribution in [2.24, 2.45) is 0 Å². The van der Waals surface area contributed by atoms with Crippen molar-refractivity contribution in [3.05, 3.63) is 29.8 Å². The van der Waals surface area contributed by atoms with Gasteiger partial charge in [0.25, 0.3) is 0 Å². The number of hydroxylamine groups is 1. The Balaban J connectivity index is 2.51. The van der Waals surface area contributed by atoms with E-state index >= 15 is 0 Å². The molecule has 0 saturated carbocycles. The van der Waals surface area contributed by atoms with E-state index < -0.39 is 0 Å². The molecular weight excluding hydrogens is 212 g/mol. The van der Waals surface area contributed by atoms with Gasteiger partial charge < -0.3 is 4.74 Å². The largest absolute Gasteiger partial charge is 0.497 e. The molecule has 1 aromatic carbocycles. The fourth-order valence-electron chi connectivity index (χ4n) is 1.21. The maximum Gasteiger partial charge on any atom is 0.142 e. The van der Waals surface area contributed by atoms with Gasteiger partial charge in [-0.15, -0.1) is 11.3 Å². The first-order valence-electron chi connectivity index (χ1n) is 4.28. The van der Waals surface area contributed by atoms with E-state index in [2.05, 4.69) is 11.6 Å². The zero-order valence-electron chi connectivity index (χ0n) is 8.15. The van der Waals surface area contributed by atoms with Gasteiger partial charge in [-0.05, 0) is 18.2 Å². The molecular formula is C10H10N2O2S. The van der Waals surface area contributed by atoms with Gasteiger partial charge in [0.1, 0.15) is 10.8 Å². The number of rotatable bonds is 3. The van der Waals surface area contributed by atoms with Crippen LogP contribution in [0.4, 0.5) is 0 Å². The van der Waals surface area contributed by atoms with Crippen molar-refractivity contribution in [1.29, 1.82) is 0 Å². The minimum absolute atomic E-state index is 0.398. The molecule has 4 nitrogen and oxygen atoms in total. The average Bonchev–Trinajstić information content (AvgIpc) is 2.70. The summed E-state index contributed by atoms with van der Waals surface area (Å²) in [6, 6.07) is 5.63. The first-order chi connectivity index (χ1) is 7.24. The lowest BCUT2D eigenvalue weighted by atomic mass is 10.3. The van der Waals surface area contributed by atoms with Crippen molar-refractivity contribution < 1.29 is 9.94 Å². The van der Waals surface area contributed by atoms with Crippen LogP contribution in [0.1, 0.15) is 5.01 Å². The Hall–Kier alpha value is -1.59. The van der Waals surface area contributed by atoms with Gasteiger partial charge in [-0.25, -0.2) is 4.98 Å². The molecule has 2 rings (SSSR count). The van der Waals surface area contributed by atoms with Crippen LogP contribution >= 0.6 is 11.3 Å². The van der Waals surface area contributed by atoms with Gasteiger partial charge in [0.2, 0.25) is 0 Å². The monoisotopic (exact) mass is 222 g/mol. The number of methoxy groups -OCH3 is 1. The third-order valence-corrected chi connectivity index (χ3v) is 3.07. The molecule has 0 radical (unpaired) electrons. The van der Waals surface area contributed by atoms with E-state index in [1.807, 2.05) is 23.7 Å². The summed E-state index contributed by atoms with van der Waals surface area (Å²) in [4.78, 5) is 4.30. The molecule has 2 aromatic rings. The SMILES string of the molecule is C=C(NO)c1nc2ccc(OC)cc2s1. The number of aromatic nitrogens is 1. The van der Waals surface area contributed by atoms with Gasteiger partial charge in [-0.2, -0.15) is 0 Å². The van der Waals surface area contributed by atoms with E-state index in [1.54, 1.807) is 7.11 Å². The standard InChI is InChI=1S/C10H10N2O2S/c1-6(12-13)10-11-8-4-3-7(14-2)5-9(8)15-10/h3-5,12-13H,1H2,2H3. The third kappa shape index (κ3) is 1.79. The van der Waals surface area contributed by atoms with Crippen LogP contribution in [0.15, 0.2) is 24.8 Å². The van der Waals surface area contributed by atoms with E-state index in [9.17, 15) is 0 Å². The Morgan fingerprint density at radius 2 is 2.40 bits per heavy atom. The Bertz CT molecular complexity index is 507. The van der Waals surface area contributed by atoms with Crippen LogP contribution in [0, 0.1) is 0 Å². The van der Waals surface area contributed by atoms with E-state index in [1.165, 1.54) is 11.3 Å². The Kier molecular flexibility index (Phi) is 2.57. The van der Waals surface area contributed by atoms with E-state index in [0.717, 1.165) is 16.0 Å². The quantitative estimate of drug-likeness (QED) is 0.782. The molecule has 0 fully saturated rings. The van der Waals surface area contributed by atoms with E-state index in [0.29, 0.717) is 10.7 Å². The number of thiazole rings is 1. The molecule has 1 aromatic heterocycles. The molecule has 15 heavy (non-hydrogen) atoms. The van der Waals surface area contributed by atoms with Gasteiger partial charge >= 0.3 is 0 Å². The number of fused-ring (bicyclic) bond motifs is 1. The summed E-state index contributed by atoms with van der Waals surface area (Å²) < 4.78 is 6.11. The van der Waals surface area contributed by atoms with E-state index in [4.69, 9.17) is 9.94 Å². The molecule has 78 valence electrons. The molecule has 0 atom stereocenters. The summed E-state index contributed by atoms with van der Waals surface area (Å²) in [6.45, 7) is 3.64. The third-order valence-electron chi connectivity index (χ3n) is 1.99. The van der Waals surface area contributed by atoms with Crippen molar-refractivity contribution >= 4 is 27.3 Å². The first-order valence-corrected chi connectivity index (χ1v) is 5.10. The molecule has 0 aliphatic rings. The summed E-state index contributed by atoms with van der Waals surface area (Å²) in [5, 5.41) is 9.37. The molecule has 0 saturated heterocycles. The zero-order valence-corrected chi connectivity index (χ0v) is 8.97. The lowest BCUT2D eigenvalue weighted by Gasteiger charge is -1.96. The predicted molar refractivity (Wildman–Crippen MR) is 60.1 cm³/mol. The number of ether oxygens (including phenoxy) is 1. The van der Waals surface area contributed by atoms with E-state index in [-0.39, 0.29) is 0 Å². The van der Waals surface area contributed by atoms with Crippen LogP contribution in [0.5, 0.6) is 5.75 Å². The van der Waals surface area contributed by atoms with Crippen LogP contribution in [-0.2, 0) is 0 Å². The summed E-state index contributed by atoms with van der Waals surface area (Å²) >= 11 is 1.45. The van der Waals surface area contributed by atoms with Gasteiger partial charge in [0.05, 0.1) is 23.0 Å². The second kappa shape index (κ2) is 3.88. The zero-order chi connectivity index (χ0) is 10.8. The Labute approximate surface area is 90.8 Å². The van der Waals surface area contributed by atoms with Crippen LogP contribution in [0.3, 0.4) is 0 Å². The Morgan fingerprint density at radius 1 is 1.60 bits per heavy atom. The summed E-state index contributed by atoms with van der Waals surface area (Å²) in [5.74, 6) is 0.792. The van der Waals surface area contributed by atoms with Crippen molar-refractivity contribution in [3.63, 3.8) is 0 Å². The van der Waals surface area contributed by atoms with Crippen LogP contribution in [-0.4, -0.2) is 17.3 Å². The summed E-state index contributed by atoms with van der Waals surface area (Å²) in [6.07, 6.45) is 0. The molecule has 0 amide bonds. The number of nitrogens with one attached hydrogen (secondary N) is 1. The Morgan fingerprint density at radius 3 is 3.07 bits per heavy atom. The molecule has 1 heterocycles. The number of benzene rings is 1. The minimum Gasteiger partial charge on any atom is -0.497 e. The van der Waals surface area contributed by atoms with Gasteiger partial charge in [0, 0.05) is 0 Å². The molecule has 2 N–H and O–H groups in total. The van der Waals surface area contributed by atoms with Crippen molar-refractivity contribution in [2.75, 3.05) is 7.11 Å². The minimum atomic E-state index is 0.398. The highest BCUT2D eigenvalue weighted by atomic mass is 32.1. The number of hydrogen-bond donors (Lipinski definition) is 2. The topological polar surface area (TPSA) is 54.4 Å². The second-order valence-electron chi connectivity index (χ2n) is 2.94. The summed E-state index contributed by atoms with van der Waals surface area (Å²) in [5.41, 5.74) is 3.26. The molecule has 0 aliphatic carbocycles. The highest BCUT2D eigenvalue weighted by Gasteiger charge is 2.07. The highest BCUT2D eigenvalue weighted by Crippen LogP contribution is 2.28. The molecule has 0 spiro atoms. The number of hydrogen-bond acceptors (Lipinski definition) is 5. The summed E-state index contributed by atoms with van der Waals surface area (Å²) in [7, 11) is 1.62. The van der Waals surface area contributed by atoms with Crippen LogP contribution in [0.2, 0.25) is 0 Å². The highest BCUT2D eigenvalue weighted by molar-refractivity contribution is 7.19. The van der Waals surface area contributed by atoms with Crippen molar-refractivity contribution in [1.82, 2.24) is 10.5 Å². The fourth-order valence-corrected chi connectivity index (χ4v) is 2.12.